The van der Waals surface area contributed by atoms with Crippen LogP contribution in [0.15, 0.2) is 60.2 Å². The molecule has 0 radical (unpaired) electrons. The Kier molecular flexibility index (Phi) is 3.75. The summed E-state index contributed by atoms with van der Waals surface area (Å²) in [5.74, 6) is -0.382. The second kappa shape index (κ2) is 5.85. The molecular formula is C16H15N3OS. The van der Waals surface area contributed by atoms with E-state index in [9.17, 15) is 4.79 Å². The van der Waals surface area contributed by atoms with Gasteiger partial charge in [-0.25, -0.2) is 0 Å². The molecule has 0 unspecified atom stereocenters. The van der Waals surface area contributed by atoms with Gasteiger partial charge in [-0.3, -0.25) is 4.79 Å². The van der Waals surface area contributed by atoms with Gasteiger partial charge in [0.05, 0.1) is 5.56 Å². The van der Waals surface area contributed by atoms with Crippen molar-refractivity contribution in [3.63, 3.8) is 0 Å². The van der Waals surface area contributed by atoms with Crippen molar-refractivity contribution in [1.82, 2.24) is 4.57 Å². The minimum atomic E-state index is -0.382. The van der Waals surface area contributed by atoms with Gasteiger partial charge in [-0.2, -0.15) is 0 Å². The molecule has 2 aromatic heterocycles. The third-order valence-corrected chi connectivity index (χ3v) is 4.09. The number of carbonyl (C=O) groups excluding carboxylic acids is 1. The third kappa shape index (κ3) is 3.14. The summed E-state index contributed by atoms with van der Waals surface area (Å²) >= 11 is 1.53. The number of carbonyl (C=O) groups is 1. The first kappa shape index (κ1) is 13.5. The van der Waals surface area contributed by atoms with Crippen LogP contribution in [0.4, 0.5) is 5.69 Å². The van der Waals surface area contributed by atoms with E-state index in [2.05, 4.69) is 22.0 Å². The molecule has 0 bridgehead atoms. The number of nitrogens with one attached hydrogen (secondary N) is 1. The van der Waals surface area contributed by atoms with Gasteiger partial charge in [0.1, 0.15) is 0 Å². The number of nitrogens with zero attached hydrogens (tertiary/aromatic N) is 1. The van der Waals surface area contributed by atoms with Crippen molar-refractivity contribution in [3.05, 3.63) is 70.7 Å². The average Bonchev–Trinajstić information content (AvgIpc) is 3.17. The monoisotopic (exact) mass is 297 g/mol. The molecule has 0 aliphatic heterocycles. The fourth-order valence-electron chi connectivity index (χ4n) is 2.07. The largest absolute Gasteiger partial charge is 0.380 e. The number of amides is 1. The van der Waals surface area contributed by atoms with E-state index in [1.807, 2.05) is 42.7 Å². The van der Waals surface area contributed by atoms with Crippen LogP contribution in [-0.2, 0) is 6.54 Å². The Morgan fingerprint density at radius 1 is 1.19 bits per heavy atom. The molecule has 106 valence electrons. The van der Waals surface area contributed by atoms with Gasteiger partial charge in [0.25, 0.3) is 0 Å². The molecule has 5 heteroatoms. The second-order valence-corrected chi connectivity index (χ2v) is 5.66. The van der Waals surface area contributed by atoms with E-state index in [4.69, 9.17) is 5.73 Å². The summed E-state index contributed by atoms with van der Waals surface area (Å²) in [4.78, 5) is 12.1. The zero-order valence-corrected chi connectivity index (χ0v) is 12.1. The molecule has 0 fully saturated rings. The van der Waals surface area contributed by atoms with Crippen LogP contribution in [0.1, 0.15) is 15.2 Å². The Morgan fingerprint density at radius 2 is 2.00 bits per heavy atom. The van der Waals surface area contributed by atoms with Crippen molar-refractivity contribution < 1.29 is 4.79 Å². The molecule has 0 atom stereocenters. The second-order valence-electron chi connectivity index (χ2n) is 4.66. The summed E-state index contributed by atoms with van der Waals surface area (Å²) in [6.45, 7) is 0.674. The number of primary amides is 1. The van der Waals surface area contributed by atoms with Crippen LogP contribution >= 0.6 is 11.3 Å². The van der Waals surface area contributed by atoms with Crippen molar-refractivity contribution >= 4 is 22.9 Å². The van der Waals surface area contributed by atoms with Crippen LogP contribution in [0.5, 0.6) is 0 Å². The predicted molar refractivity (Wildman–Crippen MR) is 85.9 cm³/mol. The van der Waals surface area contributed by atoms with Crippen molar-refractivity contribution in [1.29, 1.82) is 0 Å². The molecule has 3 rings (SSSR count). The molecule has 0 spiro atoms. The van der Waals surface area contributed by atoms with Crippen molar-refractivity contribution in [2.75, 3.05) is 5.32 Å². The lowest BCUT2D eigenvalue weighted by Crippen LogP contribution is -2.09. The van der Waals surface area contributed by atoms with Gasteiger partial charge in [0.2, 0.25) is 5.91 Å². The molecule has 21 heavy (non-hydrogen) atoms. The highest BCUT2D eigenvalue weighted by atomic mass is 32.1. The Hall–Kier alpha value is -2.53. The minimum absolute atomic E-state index is 0.382. The number of nitrogens with two attached hydrogens (primary N) is 1. The van der Waals surface area contributed by atoms with Crippen molar-refractivity contribution in [2.24, 2.45) is 5.73 Å². The summed E-state index contributed by atoms with van der Waals surface area (Å²) in [7, 11) is 0. The number of aromatic nitrogens is 1. The van der Waals surface area contributed by atoms with Gasteiger partial charge >= 0.3 is 0 Å². The lowest BCUT2D eigenvalue weighted by Gasteiger charge is -2.08. The molecule has 0 aliphatic carbocycles. The van der Waals surface area contributed by atoms with Crippen LogP contribution in [-0.4, -0.2) is 10.5 Å². The standard InChI is InChI=1S/C16H15N3OS/c17-16(20)12-8-15(21-11-12)10-18-13-4-3-5-14(9-13)19-6-1-2-7-19/h1-9,11,18H,10H2,(H2,17,20). The van der Waals surface area contributed by atoms with Crippen molar-refractivity contribution in [3.8, 4) is 5.69 Å². The van der Waals surface area contributed by atoms with E-state index >= 15 is 0 Å². The average molecular weight is 297 g/mol. The Balaban J connectivity index is 1.70. The highest BCUT2D eigenvalue weighted by Crippen LogP contribution is 2.18. The van der Waals surface area contributed by atoms with E-state index < -0.39 is 0 Å². The van der Waals surface area contributed by atoms with Crippen LogP contribution in [0.3, 0.4) is 0 Å². The lowest BCUT2D eigenvalue weighted by atomic mass is 10.2. The number of hydrogen-bond donors (Lipinski definition) is 2. The summed E-state index contributed by atoms with van der Waals surface area (Å²) in [5, 5.41) is 5.15. The number of rotatable bonds is 5. The third-order valence-electron chi connectivity index (χ3n) is 3.15. The summed E-state index contributed by atoms with van der Waals surface area (Å²) in [6.07, 6.45) is 4.02. The molecule has 2 heterocycles. The normalized spacial score (nSPS) is 10.5. The molecule has 0 aliphatic rings. The lowest BCUT2D eigenvalue weighted by molar-refractivity contribution is 0.100. The zero-order valence-electron chi connectivity index (χ0n) is 11.3. The first-order valence-corrected chi connectivity index (χ1v) is 7.45. The van der Waals surface area contributed by atoms with Crippen LogP contribution in [0.2, 0.25) is 0 Å². The molecule has 4 nitrogen and oxygen atoms in total. The van der Waals surface area contributed by atoms with Gasteiger partial charge in [-0.05, 0) is 36.4 Å². The maximum atomic E-state index is 11.1. The Bertz CT molecular complexity index is 746. The number of hydrogen-bond acceptors (Lipinski definition) is 3. The number of anilines is 1. The smallest absolute Gasteiger partial charge is 0.249 e. The van der Waals surface area contributed by atoms with Gasteiger partial charge in [0, 0.05) is 40.6 Å². The van der Waals surface area contributed by atoms with E-state index in [0.717, 1.165) is 16.3 Å². The first-order chi connectivity index (χ1) is 10.2. The maximum Gasteiger partial charge on any atom is 0.249 e. The van der Waals surface area contributed by atoms with Gasteiger partial charge in [0.15, 0.2) is 0 Å². The number of thiophene rings is 1. The summed E-state index contributed by atoms with van der Waals surface area (Å²) in [6, 6.07) is 14.0. The van der Waals surface area contributed by atoms with Crippen molar-refractivity contribution in [2.45, 2.75) is 6.54 Å². The van der Waals surface area contributed by atoms with Crippen LogP contribution in [0, 0.1) is 0 Å². The van der Waals surface area contributed by atoms with Crippen LogP contribution < -0.4 is 11.1 Å². The van der Waals surface area contributed by atoms with E-state index in [1.54, 1.807) is 5.38 Å². The van der Waals surface area contributed by atoms with E-state index in [-0.39, 0.29) is 5.91 Å². The minimum Gasteiger partial charge on any atom is -0.380 e. The summed E-state index contributed by atoms with van der Waals surface area (Å²) in [5.41, 5.74) is 7.96. The highest BCUT2D eigenvalue weighted by Gasteiger charge is 2.04. The topological polar surface area (TPSA) is 60.1 Å². The Morgan fingerprint density at radius 3 is 2.71 bits per heavy atom. The molecule has 1 aromatic carbocycles. The van der Waals surface area contributed by atoms with E-state index in [0.29, 0.717) is 12.1 Å². The fourth-order valence-corrected chi connectivity index (χ4v) is 2.89. The molecule has 0 saturated carbocycles. The van der Waals surface area contributed by atoms with E-state index in [1.165, 1.54) is 11.3 Å². The molecule has 3 aromatic rings. The number of benzene rings is 1. The predicted octanol–water partition coefficient (Wildman–Crippen LogP) is 3.25. The van der Waals surface area contributed by atoms with Gasteiger partial charge < -0.3 is 15.6 Å². The van der Waals surface area contributed by atoms with Gasteiger partial charge in [-0.1, -0.05) is 6.07 Å². The first-order valence-electron chi connectivity index (χ1n) is 6.57. The highest BCUT2D eigenvalue weighted by molar-refractivity contribution is 7.10. The molecule has 3 N–H and O–H groups in total. The Labute approximate surface area is 126 Å². The maximum absolute atomic E-state index is 11.1. The SMILES string of the molecule is NC(=O)c1csc(CNc2cccc(-n3cccc3)c2)c1. The molecule has 0 saturated heterocycles. The van der Waals surface area contributed by atoms with Crippen LogP contribution in [0.25, 0.3) is 5.69 Å². The van der Waals surface area contributed by atoms with Gasteiger partial charge in [-0.15, -0.1) is 11.3 Å². The fraction of sp³-hybridized carbons (Fsp3) is 0.0625. The zero-order chi connectivity index (χ0) is 14.7. The summed E-state index contributed by atoms with van der Waals surface area (Å²) < 4.78 is 2.06. The molecular weight excluding hydrogens is 282 g/mol. The molecule has 1 amide bonds. The quantitative estimate of drug-likeness (QED) is 0.759.